The third-order valence-corrected chi connectivity index (χ3v) is 4.78. The number of sulfonamides is 1. The topological polar surface area (TPSA) is 83.5 Å². The molecule has 0 saturated heterocycles. The number of hydrogen-bond donors (Lipinski definition) is 2. The number of thioether (sulfide) groups is 1. The number of alkyl halides is 3. The Morgan fingerprint density at radius 3 is 2.09 bits per heavy atom. The summed E-state index contributed by atoms with van der Waals surface area (Å²) in [4.78, 5) is 10.5. The highest BCUT2D eigenvalue weighted by atomic mass is 32.2. The van der Waals surface area contributed by atoms with Crippen molar-refractivity contribution < 1.29 is 31.5 Å². The number of carbonyl (C=O) groups is 1. The van der Waals surface area contributed by atoms with E-state index in [-0.39, 0.29) is 21.6 Å². The highest BCUT2D eigenvalue weighted by Gasteiger charge is 2.30. The molecule has 124 valence electrons. The molecule has 1 aromatic rings. The molecule has 0 fully saturated rings. The van der Waals surface area contributed by atoms with E-state index in [4.69, 9.17) is 5.11 Å². The van der Waals surface area contributed by atoms with E-state index in [1.165, 1.54) is 13.8 Å². The first-order chi connectivity index (χ1) is 9.92. The lowest BCUT2D eigenvalue weighted by atomic mass is 10.1. The van der Waals surface area contributed by atoms with Crippen LogP contribution in [0.1, 0.15) is 13.8 Å². The number of nitrogens with one attached hydrogen (secondary N) is 1. The van der Waals surface area contributed by atoms with Gasteiger partial charge in [0.15, 0.2) is 0 Å². The molecule has 0 unspecified atom stereocenters. The third-order valence-electron chi connectivity index (χ3n) is 2.58. The van der Waals surface area contributed by atoms with Crippen molar-refractivity contribution in [3.05, 3.63) is 24.3 Å². The first kappa shape index (κ1) is 18.8. The molecule has 0 bridgehead atoms. The second-order valence-corrected chi connectivity index (χ2v) is 7.55. The van der Waals surface area contributed by atoms with Crippen LogP contribution in [-0.4, -0.2) is 31.0 Å². The lowest BCUT2D eigenvalue weighted by Crippen LogP contribution is -2.44. The molecule has 0 heterocycles. The Hall–Kier alpha value is -1.26. The monoisotopic (exact) mass is 357 g/mol. The molecule has 1 rings (SSSR count). The summed E-state index contributed by atoms with van der Waals surface area (Å²) in [6.45, 7) is 3.06. The van der Waals surface area contributed by atoms with Gasteiger partial charge in [0.1, 0.15) is 6.04 Å². The van der Waals surface area contributed by atoms with Crippen LogP contribution in [0.15, 0.2) is 34.1 Å². The molecule has 1 atom stereocenters. The zero-order chi connectivity index (χ0) is 17.1. The summed E-state index contributed by atoms with van der Waals surface area (Å²) in [6, 6.07) is 2.69. The average Bonchev–Trinajstić information content (AvgIpc) is 2.34. The largest absolute Gasteiger partial charge is 0.480 e. The van der Waals surface area contributed by atoms with Crippen LogP contribution in [0.3, 0.4) is 0 Å². The number of carboxylic acid groups (broad SMARTS) is 1. The number of carboxylic acids is 1. The number of benzene rings is 1. The second-order valence-electron chi connectivity index (χ2n) is 4.70. The van der Waals surface area contributed by atoms with E-state index in [1.54, 1.807) is 0 Å². The normalized spacial score (nSPS) is 14.1. The Kier molecular flexibility index (Phi) is 5.88. The summed E-state index contributed by atoms with van der Waals surface area (Å²) in [5.74, 6) is -1.82. The van der Waals surface area contributed by atoms with E-state index in [2.05, 4.69) is 0 Å². The Morgan fingerprint density at radius 1 is 1.23 bits per heavy atom. The van der Waals surface area contributed by atoms with E-state index in [0.717, 1.165) is 24.3 Å². The lowest BCUT2D eigenvalue weighted by molar-refractivity contribution is -0.140. The minimum atomic E-state index is -4.47. The average molecular weight is 357 g/mol. The number of aliphatic carboxylic acids is 1. The fraction of sp³-hybridized carbons (Fsp3) is 0.417. The molecule has 0 radical (unpaired) electrons. The molecule has 10 heteroatoms. The molecule has 5 nitrogen and oxygen atoms in total. The molecule has 0 amide bonds. The summed E-state index contributed by atoms with van der Waals surface area (Å²) in [5.41, 5.74) is -4.47. The van der Waals surface area contributed by atoms with Gasteiger partial charge in [-0.25, -0.2) is 8.42 Å². The Balaban J connectivity index is 2.96. The second kappa shape index (κ2) is 6.88. The Bertz CT molecular complexity index is 627. The van der Waals surface area contributed by atoms with Crippen molar-refractivity contribution in [1.29, 1.82) is 0 Å². The highest BCUT2D eigenvalue weighted by Crippen LogP contribution is 2.36. The van der Waals surface area contributed by atoms with Gasteiger partial charge < -0.3 is 5.11 Å². The van der Waals surface area contributed by atoms with E-state index in [1.807, 2.05) is 4.72 Å². The van der Waals surface area contributed by atoms with Gasteiger partial charge in [0.25, 0.3) is 0 Å². The predicted molar refractivity (Wildman–Crippen MR) is 74.9 cm³/mol. The molecule has 2 N–H and O–H groups in total. The van der Waals surface area contributed by atoms with Crippen LogP contribution < -0.4 is 4.72 Å². The van der Waals surface area contributed by atoms with Crippen LogP contribution in [0.2, 0.25) is 0 Å². The van der Waals surface area contributed by atoms with Crippen LogP contribution in [0, 0.1) is 5.92 Å². The molecule has 0 saturated carbocycles. The van der Waals surface area contributed by atoms with Crippen LogP contribution in [0.25, 0.3) is 0 Å². The van der Waals surface area contributed by atoms with Gasteiger partial charge in [-0.1, -0.05) is 13.8 Å². The predicted octanol–water partition coefficient (Wildman–Crippen LogP) is 2.69. The number of halogens is 3. The van der Waals surface area contributed by atoms with Crippen molar-refractivity contribution in [2.75, 3.05) is 0 Å². The number of rotatable bonds is 6. The molecule has 0 aliphatic carbocycles. The van der Waals surface area contributed by atoms with Gasteiger partial charge >= 0.3 is 11.5 Å². The molecule has 0 aliphatic heterocycles. The Morgan fingerprint density at radius 2 is 1.73 bits per heavy atom. The zero-order valence-electron chi connectivity index (χ0n) is 11.6. The SMILES string of the molecule is CC(C)[C@H](NS(=O)(=O)c1ccc(SC(F)(F)F)cc1)C(=O)O. The van der Waals surface area contributed by atoms with Gasteiger partial charge in [-0.05, 0) is 41.9 Å². The minimum Gasteiger partial charge on any atom is -0.480 e. The quantitative estimate of drug-likeness (QED) is 0.765. The zero-order valence-corrected chi connectivity index (χ0v) is 13.2. The van der Waals surface area contributed by atoms with E-state index < -0.39 is 33.5 Å². The molecule has 22 heavy (non-hydrogen) atoms. The van der Waals surface area contributed by atoms with Gasteiger partial charge in [-0.2, -0.15) is 17.9 Å². The van der Waals surface area contributed by atoms with Crippen molar-refractivity contribution >= 4 is 27.8 Å². The molecule has 0 spiro atoms. The summed E-state index contributed by atoms with van der Waals surface area (Å²) in [7, 11) is -4.13. The van der Waals surface area contributed by atoms with Crippen LogP contribution in [0.4, 0.5) is 13.2 Å². The summed E-state index contributed by atoms with van der Waals surface area (Å²) < 4.78 is 62.7. The smallest absolute Gasteiger partial charge is 0.446 e. The van der Waals surface area contributed by atoms with Crippen molar-refractivity contribution in [3.8, 4) is 0 Å². The molecular formula is C12H14F3NO4S2. The van der Waals surface area contributed by atoms with Crippen LogP contribution >= 0.6 is 11.8 Å². The van der Waals surface area contributed by atoms with Crippen molar-refractivity contribution in [3.63, 3.8) is 0 Å². The molecule has 1 aromatic carbocycles. The first-order valence-electron chi connectivity index (χ1n) is 6.03. The van der Waals surface area contributed by atoms with Crippen LogP contribution in [0.5, 0.6) is 0 Å². The van der Waals surface area contributed by atoms with Gasteiger partial charge in [-0.3, -0.25) is 4.79 Å². The van der Waals surface area contributed by atoms with Crippen molar-refractivity contribution in [1.82, 2.24) is 4.72 Å². The molecular weight excluding hydrogens is 343 g/mol. The van der Waals surface area contributed by atoms with Crippen molar-refractivity contribution in [2.24, 2.45) is 5.92 Å². The summed E-state index contributed by atoms with van der Waals surface area (Å²) in [6.07, 6.45) is 0. The number of hydrogen-bond acceptors (Lipinski definition) is 4. The van der Waals surface area contributed by atoms with Gasteiger partial charge in [0.05, 0.1) is 4.90 Å². The third kappa shape index (κ3) is 5.50. The van der Waals surface area contributed by atoms with Gasteiger partial charge in [0.2, 0.25) is 10.0 Å². The Labute approximate surface area is 130 Å². The standard InChI is InChI=1S/C12H14F3NO4S2/c1-7(2)10(11(17)18)16-22(19,20)9-5-3-8(4-6-9)21-12(13,14)15/h3-7,10,16H,1-2H3,(H,17,18)/t10-/m0/s1. The van der Waals surface area contributed by atoms with E-state index in [0.29, 0.717) is 0 Å². The maximum absolute atomic E-state index is 12.2. The minimum absolute atomic E-state index is 0.162. The first-order valence-corrected chi connectivity index (χ1v) is 8.33. The van der Waals surface area contributed by atoms with Crippen molar-refractivity contribution in [2.45, 2.75) is 35.2 Å². The van der Waals surface area contributed by atoms with Gasteiger partial charge in [-0.15, -0.1) is 0 Å². The summed E-state index contributed by atoms with van der Waals surface area (Å²) in [5, 5.41) is 8.97. The fourth-order valence-corrected chi connectivity index (χ4v) is 3.40. The maximum atomic E-state index is 12.2. The summed E-state index contributed by atoms with van der Waals surface area (Å²) >= 11 is -0.366. The van der Waals surface area contributed by atoms with Gasteiger partial charge in [0, 0.05) is 4.90 Å². The highest BCUT2D eigenvalue weighted by molar-refractivity contribution is 8.00. The van der Waals surface area contributed by atoms with E-state index in [9.17, 15) is 26.4 Å². The lowest BCUT2D eigenvalue weighted by Gasteiger charge is -2.18. The molecule has 0 aliphatic rings. The fourth-order valence-electron chi connectivity index (χ4n) is 1.53. The maximum Gasteiger partial charge on any atom is 0.446 e. The van der Waals surface area contributed by atoms with Crippen LogP contribution in [-0.2, 0) is 14.8 Å². The van der Waals surface area contributed by atoms with E-state index >= 15 is 0 Å². The molecule has 0 aromatic heterocycles.